The topological polar surface area (TPSA) is 59.4 Å². The Balaban J connectivity index is 1.73. The fourth-order valence-electron chi connectivity index (χ4n) is 3.63. The molecular weight excluding hydrogens is 242 g/mol. The summed E-state index contributed by atoms with van der Waals surface area (Å²) in [6, 6.07) is 3.95. The summed E-state index contributed by atoms with van der Waals surface area (Å²) in [6.07, 6.45) is 7.08. The number of hydrogen-bond acceptors (Lipinski definition) is 3. The summed E-state index contributed by atoms with van der Waals surface area (Å²) < 4.78 is 5.07. The van der Waals surface area contributed by atoms with Crippen molar-refractivity contribution in [2.75, 3.05) is 7.11 Å². The van der Waals surface area contributed by atoms with E-state index in [0.29, 0.717) is 11.8 Å². The highest BCUT2D eigenvalue weighted by Gasteiger charge is 2.59. The van der Waals surface area contributed by atoms with Gasteiger partial charge in [0.1, 0.15) is 0 Å². The minimum absolute atomic E-state index is 0.0781. The van der Waals surface area contributed by atoms with Gasteiger partial charge in [0.25, 0.3) is 0 Å². The summed E-state index contributed by atoms with van der Waals surface area (Å²) in [5.41, 5.74) is 1.30. The summed E-state index contributed by atoms with van der Waals surface area (Å²) in [4.78, 5) is 15.4. The van der Waals surface area contributed by atoms with Gasteiger partial charge in [0.15, 0.2) is 0 Å². The maximum atomic E-state index is 11.1. The first-order valence-corrected chi connectivity index (χ1v) is 6.87. The third kappa shape index (κ3) is 2.20. The molecule has 0 radical (unpaired) electrons. The smallest absolute Gasteiger partial charge is 0.307 e. The van der Waals surface area contributed by atoms with Crippen LogP contribution in [-0.2, 0) is 4.79 Å². The zero-order valence-electron chi connectivity index (χ0n) is 11.1. The van der Waals surface area contributed by atoms with Crippen molar-refractivity contribution >= 4 is 5.97 Å². The quantitative estimate of drug-likeness (QED) is 0.909. The molecule has 2 aliphatic rings. The van der Waals surface area contributed by atoms with E-state index in [4.69, 9.17) is 9.84 Å². The molecular formula is C15H19NO3. The van der Waals surface area contributed by atoms with Crippen LogP contribution >= 0.6 is 0 Å². The average Bonchev–Trinajstić information content (AvgIpc) is 3.12. The van der Waals surface area contributed by atoms with E-state index in [-0.39, 0.29) is 11.3 Å². The molecule has 0 saturated heterocycles. The highest BCUT2D eigenvalue weighted by atomic mass is 16.5. The van der Waals surface area contributed by atoms with Crippen LogP contribution in [0.25, 0.3) is 0 Å². The summed E-state index contributed by atoms with van der Waals surface area (Å²) in [5.74, 6) is 0.357. The molecule has 1 heterocycles. The number of aromatic nitrogens is 1. The molecule has 2 aliphatic carbocycles. The lowest BCUT2D eigenvalue weighted by atomic mass is 9.75. The zero-order valence-corrected chi connectivity index (χ0v) is 11.1. The normalized spacial score (nSPS) is 33.1. The van der Waals surface area contributed by atoms with Crippen molar-refractivity contribution in [3.63, 3.8) is 0 Å². The Labute approximate surface area is 112 Å². The lowest BCUT2D eigenvalue weighted by Gasteiger charge is -2.30. The second-order valence-electron chi connectivity index (χ2n) is 5.88. The van der Waals surface area contributed by atoms with Gasteiger partial charge in [0, 0.05) is 12.3 Å². The molecule has 1 aromatic heterocycles. The van der Waals surface area contributed by atoms with E-state index >= 15 is 0 Å². The summed E-state index contributed by atoms with van der Waals surface area (Å²) >= 11 is 0. The largest absolute Gasteiger partial charge is 0.481 e. The lowest BCUT2D eigenvalue weighted by molar-refractivity contribution is -0.139. The Morgan fingerprint density at radius 1 is 1.47 bits per heavy atom. The highest BCUT2D eigenvalue weighted by Crippen LogP contribution is 2.63. The Kier molecular flexibility index (Phi) is 2.96. The first-order valence-electron chi connectivity index (χ1n) is 6.87. The van der Waals surface area contributed by atoms with E-state index in [2.05, 4.69) is 11.1 Å². The molecule has 1 N–H and O–H groups in total. The second-order valence-corrected chi connectivity index (χ2v) is 5.88. The van der Waals surface area contributed by atoms with Crippen LogP contribution in [0.1, 0.15) is 43.6 Å². The van der Waals surface area contributed by atoms with Gasteiger partial charge in [-0.05, 0) is 42.6 Å². The van der Waals surface area contributed by atoms with Crippen molar-refractivity contribution in [2.24, 2.45) is 11.3 Å². The molecule has 1 aromatic rings. The van der Waals surface area contributed by atoms with Crippen molar-refractivity contribution in [3.8, 4) is 5.88 Å². The summed E-state index contributed by atoms with van der Waals surface area (Å²) in [5, 5.41) is 9.17. The molecule has 0 bridgehead atoms. The van der Waals surface area contributed by atoms with Gasteiger partial charge in [-0.1, -0.05) is 12.5 Å². The number of methoxy groups -OCH3 is 1. The fourth-order valence-corrected chi connectivity index (χ4v) is 3.63. The van der Waals surface area contributed by atoms with Gasteiger partial charge in [-0.2, -0.15) is 0 Å². The molecule has 4 nitrogen and oxygen atoms in total. The van der Waals surface area contributed by atoms with Crippen LogP contribution < -0.4 is 4.74 Å². The lowest BCUT2D eigenvalue weighted by Crippen LogP contribution is -2.19. The SMILES string of the molecule is COc1ccc(C2CCCC3(C2)CC3C(=O)O)cn1. The van der Waals surface area contributed by atoms with Gasteiger partial charge in [-0.15, -0.1) is 0 Å². The number of rotatable bonds is 3. The zero-order chi connectivity index (χ0) is 13.5. The molecule has 1 spiro atoms. The molecule has 0 aromatic carbocycles. The molecule has 3 rings (SSSR count). The molecule has 102 valence electrons. The number of hydrogen-bond donors (Lipinski definition) is 1. The minimum atomic E-state index is -0.617. The van der Waals surface area contributed by atoms with E-state index < -0.39 is 5.97 Å². The molecule has 19 heavy (non-hydrogen) atoms. The Bertz CT molecular complexity index is 485. The Hall–Kier alpha value is -1.58. The third-order valence-corrected chi connectivity index (χ3v) is 4.81. The molecule has 2 fully saturated rings. The molecule has 3 unspecified atom stereocenters. The standard InChI is InChI=1S/C15H19NO3/c1-19-13-5-4-11(9-16-13)10-3-2-6-15(7-10)8-12(15)14(17)18/h4-5,9-10,12H,2-3,6-8H2,1H3,(H,17,18). The molecule has 3 atom stereocenters. The van der Waals surface area contributed by atoms with Gasteiger partial charge in [0.2, 0.25) is 5.88 Å². The molecule has 0 aliphatic heterocycles. The number of aliphatic carboxylic acids is 1. The maximum absolute atomic E-state index is 11.1. The van der Waals surface area contributed by atoms with Gasteiger partial charge in [0.05, 0.1) is 13.0 Å². The summed E-state index contributed by atoms with van der Waals surface area (Å²) in [7, 11) is 1.61. The van der Waals surface area contributed by atoms with E-state index in [1.165, 1.54) is 5.56 Å². The maximum Gasteiger partial charge on any atom is 0.307 e. The van der Waals surface area contributed by atoms with Crippen molar-refractivity contribution in [1.82, 2.24) is 4.98 Å². The van der Waals surface area contributed by atoms with Crippen molar-refractivity contribution in [1.29, 1.82) is 0 Å². The predicted molar refractivity (Wildman–Crippen MR) is 70.2 cm³/mol. The molecule has 2 saturated carbocycles. The van der Waals surface area contributed by atoms with Crippen LogP contribution in [-0.4, -0.2) is 23.2 Å². The number of carbonyl (C=O) groups is 1. The summed E-state index contributed by atoms with van der Waals surface area (Å²) in [6.45, 7) is 0. The van der Waals surface area contributed by atoms with E-state index in [9.17, 15) is 4.79 Å². The highest BCUT2D eigenvalue weighted by molar-refractivity contribution is 5.74. The predicted octanol–water partition coefficient (Wildman–Crippen LogP) is 2.84. The number of carboxylic acid groups (broad SMARTS) is 1. The molecule has 4 heteroatoms. The second kappa shape index (κ2) is 4.51. The first-order chi connectivity index (χ1) is 9.14. The van der Waals surface area contributed by atoms with E-state index in [1.54, 1.807) is 7.11 Å². The Morgan fingerprint density at radius 2 is 2.32 bits per heavy atom. The van der Waals surface area contributed by atoms with Gasteiger partial charge in [-0.25, -0.2) is 4.98 Å². The number of ether oxygens (including phenoxy) is 1. The average molecular weight is 261 g/mol. The van der Waals surface area contributed by atoms with Crippen LogP contribution in [0.2, 0.25) is 0 Å². The van der Waals surface area contributed by atoms with Gasteiger partial charge in [-0.3, -0.25) is 4.79 Å². The van der Waals surface area contributed by atoms with Crippen molar-refractivity contribution in [3.05, 3.63) is 23.9 Å². The molecule has 0 amide bonds. The van der Waals surface area contributed by atoms with Crippen LogP contribution in [0, 0.1) is 11.3 Å². The monoisotopic (exact) mass is 261 g/mol. The third-order valence-electron chi connectivity index (χ3n) is 4.81. The Morgan fingerprint density at radius 3 is 2.89 bits per heavy atom. The number of carboxylic acids is 1. The first kappa shape index (κ1) is 12.5. The van der Waals surface area contributed by atoms with Crippen molar-refractivity contribution in [2.45, 2.75) is 38.0 Å². The van der Waals surface area contributed by atoms with Gasteiger partial charge < -0.3 is 9.84 Å². The van der Waals surface area contributed by atoms with Crippen LogP contribution in [0.15, 0.2) is 18.3 Å². The van der Waals surface area contributed by atoms with Crippen LogP contribution in [0.5, 0.6) is 5.88 Å². The number of nitrogens with zero attached hydrogens (tertiary/aromatic N) is 1. The number of pyridine rings is 1. The van der Waals surface area contributed by atoms with Crippen LogP contribution in [0.4, 0.5) is 0 Å². The van der Waals surface area contributed by atoms with E-state index in [1.807, 2.05) is 12.3 Å². The van der Waals surface area contributed by atoms with E-state index in [0.717, 1.165) is 32.1 Å². The van der Waals surface area contributed by atoms with Crippen molar-refractivity contribution < 1.29 is 14.6 Å². The van der Waals surface area contributed by atoms with Crippen LogP contribution in [0.3, 0.4) is 0 Å². The van der Waals surface area contributed by atoms with Gasteiger partial charge >= 0.3 is 5.97 Å². The fraction of sp³-hybridized carbons (Fsp3) is 0.600. The minimum Gasteiger partial charge on any atom is -0.481 e.